The Morgan fingerprint density at radius 2 is 1.26 bits per heavy atom. The second kappa shape index (κ2) is 5.29. The number of hydrogen-bond acceptors (Lipinski definition) is 4. The molecule has 6 heteroatoms. The Morgan fingerprint density at radius 3 is 1.68 bits per heavy atom. The maximum Gasteiger partial charge on any atom is 0.294 e. The Kier molecular flexibility index (Phi) is 3.73. The average Bonchev–Trinajstić information content (AvgIpc) is 2.37. The van der Waals surface area contributed by atoms with Crippen molar-refractivity contribution in [3.8, 4) is 0 Å². The van der Waals surface area contributed by atoms with Crippen LogP contribution in [-0.4, -0.2) is 13.0 Å². The quantitative estimate of drug-likeness (QED) is 0.686. The van der Waals surface area contributed by atoms with Crippen LogP contribution in [0.4, 0.5) is 11.4 Å². The minimum atomic E-state index is -4.16. The van der Waals surface area contributed by atoms with Gasteiger partial charge < -0.3 is 0 Å². The third-order valence-electron chi connectivity index (χ3n) is 2.45. The molecular weight excluding hydrogens is 264 g/mol. The van der Waals surface area contributed by atoms with Gasteiger partial charge in [-0.25, -0.2) is 0 Å². The van der Waals surface area contributed by atoms with Crippen LogP contribution in [0.3, 0.4) is 0 Å². The van der Waals surface area contributed by atoms with Crippen molar-refractivity contribution in [2.75, 3.05) is 0 Å². The maximum absolute atomic E-state index is 10.9. The predicted octanol–water partition coefficient (Wildman–Crippen LogP) is 3.66. The minimum absolute atomic E-state index is 0.165. The summed E-state index contributed by atoms with van der Waals surface area (Å²) < 4.78 is 30.5. The maximum atomic E-state index is 10.9. The van der Waals surface area contributed by atoms with E-state index in [0.717, 1.165) is 5.56 Å². The average molecular weight is 276 g/mol. The van der Waals surface area contributed by atoms with Crippen LogP contribution in [0.15, 0.2) is 63.7 Å². The second-order valence-electron chi connectivity index (χ2n) is 4.00. The molecule has 0 radical (unpaired) electrons. The minimum Gasteiger partial charge on any atom is -0.282 e. The summed E-state index contributed by atoms with van der Waals surface area (Å²) >= 11 is 0. The van der Waals surface area contributed by atoms with Gasteiger partial charge in [0.25, 0.3) is 10.1 Å². The Hall–Kier alpha value is -2.05. The van der Waals surface area contributed by atoms with Crippen LogP contribution in [0.1, 0.15) is 5.56 Å². The molecule has 2 rings (SSSR count). The molecule has 1 N–H and O–H groups in total. The molecule has 0 saturated heterocycles. The van der Waals surface area contributed by atoms with Crippen LogP contribution in [0.2, 0.25) is 0 Å². The molecule has 2 aromatic rings. The molecule has 0 aliphatic rings. The van der Waals surface area contributed by atoms with E-state index in [1.807, 2.05) is 31.2 Å². The Morgan fingerprint density at radius 1 is 0.842 bits per heavy atom. The van der Waals surface area contributed by atoms with Gasteiger partial charge in [-0.3, -0.25) is 4.55 Å². The molecule has 0 atom stereocenters. The van der Waals surface area contributed by atoms with Crippen molar-refractivity contribution in [3.63, 3.8) is 0 Å². The first-order chi connectivity index (χ1) is 8.95. The lowest BCUT2D eigenvalue weighted by molar-refractivity contribution is 0.483. The summed E-state index contributed by atoms with van der Waals surface area (Å²) in [6, 6.07) is 13.0. The van der Waals surface area contributed by atoms with Gasteiger partial charge in [0.1, 0.15) is 0 Å². The zero-order chi connectivity index (χ0) is 13.9. The Labute approximate surface area is 111 Å². The molecule has 0 unspecified atom stereocenters. The molecule has 0 aromatic heterocycles. The third-order valence-corrected chi connectivity index (χ3v) is 3.32. The number of aryl methyl sites for hydroxylation is 1. The van der Waals surface area contributed by atoms with Gasteiger partial charge in [-0.05, 0) is 43.3 Å². The van der Waals surface area contributed by atoms with Gasteiger partial charge in [0, 0.05) is 0 Å². The van der Waals surface area contributed by atoms with Gasteiger partial charge in [-0.2, -0.15) is 18.6 Å². The van der Waals surface area contributed by atoms with Crippen LogP contribution in [0, 0.1) is 6.92 Å². The van der Waals surface area contributed by atoms with Crippen LogP contribution < -0.4 is 0 Å². The standard InChI is InChI=1S/C13H12N2O3S/c1-10-2-4-11(5-3-10)14-15-12-6-8-13(9-7-12)19(16,17)18/h2-9H,1H3,(H,16,17,18). The second-order valence-corrected chi connectivity index (χ2v) is 5.43. The van der Waals surface area contributed by atoms with E-state index in [9.17, 15) is 8.42 Å². The van der Waals surface area contributed by atoms with Crippen LogP contribution in [0.5, 0.6) is 0 Å². The molecule has 0 amide bonds. The van der Waals surface area contributed by atoms with E-state index in [1.165, 1.54) is 24.3 Å². The summed E-state index contributed by atoms with van der Waals surface area (Å²) in [4.78, 5) is -0.165. The highest BCUT2D eigenvalue weighted by Crippen LogP contribution is 2.20. The fourth-order valence-electron chi connectivity index (χ4n) is 1.41. The first kappa shape index (κ1) is 13.4. The normalized spacial score (nSPS) is 11.9. The van der Waals surface area contributed by atoms with Gasteiger partial charge in [0.2, 0.25) is 0 Å². The highest BCUT2D eigenvalue weighted by molar-refractivity contribution is 7.85. The van der Waals surface area contributed by atoms with Crippen molar-refractivity contribution >= 4 is 21.5 Å². The number of azo groups is 1. The van der Waals surface area contributed by atoms with E-state index in [0.29, 0.717) is 11.4 Å². The Bertz CT molecular complexity index is 690. The SMILES string of the molecule is Cc1ccc(N=Nc2ccc(S(=O)(=O)O)cc2)cc1. The van der Waals surface area contributed by atoms with Crippen molar-refractivity contribution in [1.29, 1.82) is 0 Å². The zero-order valence-corrected chi connectivity index (χ0v) is 11.0. The first-order valence-electron chi connectivity index (χ1n) is 5.51. The molecule has 0 spiro atoms. The van der Waals surface area contributed by atoms with E-state index < -0.39 is 10.1 Å². The molecule has 5 nitrogen and oxygen atoms in total. The van der Waals surface area contributed by atoms with E-state index >= 15 is 0 Å². The van der Waals surface area contributed by atoms with E-state index in [-0.39, 0.29) is 4.90 Å². The lowest BCUT2D eigenvalue weighted by Gasteiger charge is -1.97. The molecule has 19 heavy (non-hydrogen) atoms. The van der Waals surface area contributed by atoms with Crippen LogP contribution >= 0.6 is 0 Å². The molecule has 0 aliphatic heterocycles. The zero-order valence-electron chi connectivity index (χ0n) is 10.2. The third kappa shape index (κ3) is 3.70. The predicted molar refractivity (Wildman–Crippen MR) is 71.6 cm³/mol. The largest absolute Gasteiger partial charge is 0.294 e. The fourth-order valence-corrected chi connectivity index (χ4v) is 1.89. The van der Waals surface area contributed by atoms with Crippen molar-refractivity contribution < 1.29 is 13.0 Å². The lowest BCUT2D eigenvalue weighted by Crippen LogP contribution is -1.96. The van der Waals surface area contributed by atoms with Crippen molar-refractivity contribution in [1.82, 2.24) is 0 Å². The summed E-state index contributed by atoms with van der Waals surface area (Å²) in [5.74, 6) is 0. The van der Waals surface area contributed by atoms with Crippen molar-refractivity contribution in [2.45, 2.75) is 11.8 Å². The highest BCUT2D eigenvalue weighted by Gasteiger charge is 2.07. The lowest BCUT2D eigenvalue weighted by atomic mass is 10.2. The van der Waals surface area contributed by atoms with Gasteiger partial charge in [0.05, 0.1) is 16.3 Å². The summed E-state index contributed by atoms with van der Waals surface area (Å²) in [5, 5.41) is 8.00. The van der Waals surface area contributed by atoms with Crippen molar-refractivity contribution in [2.24, 2.45) is 10.2 Å². The van der Waals surface area contributed by atoms with E-state index in [2.05, 4.69) is 10.2 Å². The monoisotopic (exact) mass is 276 g/mol. The number of rotatable bonds is 3. The first-order valence-corrected chi connectivity index (χ1v) is 6.95. The molecule has 0 bridgehead atoms. The van der Waals surface area contributed by atoms with E-state index in [4.69, 9.17) is 4.55 Å². The molecule has 2 aromatic carbocycles. The van der Waals surface area contributed by atoms with Crippen LogP contribution in [-0.2, 0) is 10.1 Å². The summed E-state index contributed by atoms with van der Waals surface area (Å²) in [7, 11) is -4.16. The summed E-state index contributed by atoms with van der Waals surface area (Å²) in [6.45, 7) is 1.98. The van der Waals surface area contributed by atoms with Crippen LogP contribution in [0.25, 0.3) is 0 Å². The summed E-state index contributed by atoms with van der Waals surface area (Å²) in [6.07, 6.45) is 0. The number of nitrogens with zero attached hydrogens (tertiary/aromatic N) is 2. The van der Waals surface area contributed by atoms with Gasteiger partial charge in [-0.15, -0.1) is 0 Å². The number of hydrogen-bond donors (Lipinski definition) is 1. The molecule has 0 aliphatic carbocycles. The molecular formula is C13H12N2O3S. The fraction of sp³-hybridized carbons (Fsp3) is 0.0769. The summed E-state index contributed by atoms with van der Waals surface area (Å²) in [5.41, 5.74) is 2.36. The van der Waals surface area contributed by atoms with Gasteiger partial charge in [-0.1, -0.05) is 17.7 Å². The number of benzene rings is 2. The Balaban J connectivity index is 2.18. The van der Waals surface area contributed by atoms with E-state index in [1.54, 1.807) is 0 Å². The van der Waals surface area contributed by atoms with Crippen molar-refractivity contribution in [3.05, 3.63) is 54.1 Å². The molecule has 0 heterocycles. The molecule has 0 saturated carbocycles. The molecule has 98 valence electrons. The smallest absolute Gasteiger partial charge is 0.282 e. The van der Waals surface area contributed by atoms with Gasteiger partial charge in [0.15, 0.2) is 0 Å². The van der Waals surface area contributed by atoms with Gasteiger partial charge >= 0.3 is 0 Å². The topological polar surface area (TPSA) is 79.1 Å². The highest BCUT2D eigenvalue weighted by atomic mass is 32.2. The molecule has 0 fully saturated rings.